The van der Waals surface area contributed by atoms with Crippen LogP contribution in [0.2, 0.25) is 0 Å². The number of amides is 1. The molecule has 1 N–H and O–H groups in total. The molecule has 0 aromatic heterocycles. The third-order valence-electron chi connectivity index (χ3n) is 2.83. The maximum Gasteiger partial charge on any atom is 0.248 e. The van der Waals surface area contributed by atoms with E-state index in [2.05, 4.69) is 11.0 Å². The van der Waals surface area contributed by atoms with Gasteiger partial charge in [0.25, 0.3) is 0 Å². The minimum Gasteiger partial charge on any atom is -0.387 e. The first-order chi connectivity index (χ1) is 7.81. The third-order valence-corrected chi connectivity index (χ3v) is 2.83. The maximum absolute atomic E-state index is 11.3. The highest BCUT2D eigenvalue weighted by atomic mass is 16.3. The van der Waals surface area contributed by atoms with E-state index in [-0.39, 0.29) is 12.5 Å². The molecule has 0 atom stereocenters. The second kappa shape index (κ2) is 4.99. The van der Waals surface area contributed by atoms with Gasteiger partial charge in [0, 0.05) is 31.9 Å². The largest absolute Gasteiger partial charge is 0.387 e. The lowest BCUT2D eigenvalue weighted by Crippen LogP contribution is -2.49. The molecule has 1 aromatic rings. The zero-order chi connectivity index (χ0) is 11.4. The van der Waals surface area contributed by atoms with E-state index in [1.165, 1.54) is 0 Å². The van der Waals surface area contributed by atoms with Crippen molar-refractivity contribution in [2.75, 3.05) is 37.7 Å². The zero-order valence-corrected chi connectivity index (χ0v) is 9.09. The monoisotopic (exact) mass is 219 g/mol. The van der Waals surface area contributed by atoms with Crippen LogP contribution in [-0.4, -0.2) is 48.7 Å². The van der Waals surface area contributed by atoms with Crippen LogP contribution in [0, 0.1) is 6.07 Å². The first-order valence-electron chi connectivity index (χ1n) is 5.41. The minimum atomic E-state index is -0.389. The van der Waals surface area contributed by atoms with Crippen molar-refractivity contribution in [2.24, 2.45) is 0 Å². The van der Waals surface area contributed by atoms with Crippen molar-refractivity contribution >= 4 is 11.6 Å². The maximum atomic E-state index is 11.3. The lowest BCUT2D eigenvalue weighted by Gasteiger charge is -2.35. The summed E-state index contributed by atoms with van der Waals surface area (Å²) in [5, 5.41) is 8.76. The normalized spacial score (nSPS) is 16.3. The predicted octanol–water partition coefficient (Wildman–Crippen LogP) is 0.128. The van der Waals surface area contributed by atoms with Crippen molar-refractivity contribution in [3.8, 4) is 0 Å². The molecule has 4 nitrogen and oxygen atoms in total. The topological polar surface area (TPSA) is 43.8 Å². The molecular weight excluding hydrogens is 204 g/mol. The predicted molar refractivity (Wildman–Crippen MR) is 61.2 cm³/mol. The lowest BCUT2D eigenvalue weighted by atomic mass is 10.2. The average molecular weight is 219 g/mol. The summed E-state index contributed by atoms with van der Waals surface area (Å²) in [6.45, 7) is 2.60. The average Bonchev–Trinajstić information content (AvgIpc) is 2.39. The molecule has 1 aromatic carbocycles. The number of nitrogens with zero attached hydrogens (tertiary/aromatic N) is 2. The number of hydrogen-bond acceptors (Lipinski definition) is 3. The number of piperazine rings is 1. The number of anilines is 1. The van der Waals surface area contributed by atoms with E-state index in [0.29, 0.717) is 13.1 Å². The summed E-state index contributed by atoms with van der Waals surface area (Å²) in [4.78, 5) is 15.2. The first-order valence-corrected chi connectivity index (χ1v) is 5.41. The molecule has 1 heterocycles. The number of aliphatic hydroxyl groups excluding tert-OH is 1. The number of rotatable bonds is 2. The summed E-state index contributed by atoms with van der Waals surface area (Å²) in [6, 6.07) is 10.8. The van der Waals surface area contributed by atoms with Gasteiger partial charge in [0.05, 0.1) is 0 Å². The number of hydrogen-bond donors (Lipinski definition) is 1. The number of aliphatic hydroxyl groups is 1. The van der Waals surface area contributed by atoms with Crippen LogP contribution in [0.3, 0.4) is 0 Å². The van der Waals surface area contributed by atoms with Gasteiger partial charge in [0.15, 0.2) is 0 Å². The molecule has 0 unspecified atom stereocenters. The molecule has 1 aliphatic rings. The van der Waals surface area contributed by atoms with Gasteiger partial charge in [-0.15, -0.1) is 0 Å². The van der Waals surface area contributed by atoms with Crippen molar-refractivity contribution in [1.29, 1.82) is 0 Å². The summed E-state index contributed by atoms with van der Waals surface area (Å²) < 4.78 is 0. The standard InChI is InChI=1S/C12H15N2O2/c15-10-12(16)14-8-6-13(7-9-14)11-4-2-1-3-5-11/h2-5,15H,6-10H2. The number of benzene rings is 1. The Kier molecular flexibility index (Phi) is 3.41. The third kappa shape index (κ3) is 2.33. The van der Waals surface area contributed by atoms with Crippen molar-refractivity contribution in [3.63, 3.8) is 0 Å². The Balaban J connectivity index is 1.93. The molecule has 0 spiro atoms. The fourth-order valence-electron chi connectivity index (χ4n) is 1.90. The molecule has 2 rings (SSSR count). The molecule has 4 heteroatoms. The smallest absolute Gasteiger partial charge is 0.248 e. The van der Waals surface area contributed by atoms with Crippen LogP contribution >= 0.6 is 0 Å². The van der Waals surface area contributed by atoms with Crippen molar-refractivity contribution < 1.29 is 9.90 Å². The molecule has 1 aliphatic heterocycles. The van der Waals surface area contributed by atoms with Crippen LogP contribution in [0.4, 0.5) is 5.69 Å². The minimum absolute atomic E-state index is 0.180. The van der Waals surface area contributed by atoms with Crippen molar-refractivity contribution in [1.82, 2.24) is 4.90 Å². The van der Waals surface area contributed by atoms with E-state index in [1.54, 1.807) is 4.90 Å². The van der Waals surface area contributed by atoms with Crippen LogP contribution in [-0.2, 0) is 4.79 Å². The Bertz CT molecular complexity index is 345. The molecule has 1 amide bonds. The molecule has 0 bridgehead atoms. The van der Waals surface area contributed by atoms with E-state index in [4.69, 9.17) is 5.11 Å². The Hall–Kier alpha value is -1.55. The van der Waals surface area contributed by atoms with Gasteiger partial charge in [0.1, 0.15) is 6.61 Å². The van der Waals surface area contributed by atoms with Gasteiger partial charge < -0.3 is 14.9 Å². The quantitative estimate of drug-likeness (QED) is 0.768. The fraction of sp³-hybridized carbons (Fsp3) is 0.417. The summed E-state index contributed by atoms with van der Waals surface area (Å²) in [5.74, 6) is -0.180. The van der Waals surface area contributed by atoms with Gasteiger partial charge in [-0.3, -0.25) is 4.79 Å². The van der Waals surface area contributed by atoms with E-state index < -0.39 is 0 Å². The van der Waals surface area contributed by atoms with Crippen molar-refractivity contribution in [2.45, 2.75) is 0 Å². The summed E-state index contributed by atoms with van der Waals surface area (Å²) in [7, 11) is 0. The van der Waals surface area contributed by atoms with E-state index >= 15 is 0 Å². The summed E-state index contributed by atoms with van der Waals surface area (Å²) in [5.41, 5.74) is 1.16. The highest BCUT2D eigenvalue weighted by molar-refractivity contribution is 5.77. The lowest BCUT2D eigenvalue weighted by molar-refractivity contribution is -0.134. The molecule has 1 saturated heterocycles. The van der Waals surface area contributed by atoms with Gasteiger partial charge in [-0.25, -0.2) is 0 Å². The van der Waals surface area contributed by atoms with Crippen LogP contribution in [0.5, 0.6) is 0 Å². The van der Waals surface area contributed by atoms with Gasteiger partial charge in [-0.05, 0) is 18.2 Å². The van der Waals surface area contributed by atoms with Gasteiger partial charge in [-0.1, -0.05) is 12.1 Å². The van der Waals surface area contributed by atoms with Gasteiger partial charge in [-0.2, -0.15) is 0 Å². The molecule has 0 saturated carbocycles. The van der Waals surface area contributed by atoms with Crippen LogP contribution in [0.15, 0.2) is 24.3 Å². The molecule has 16 heavy (non-hydrogen) atoms. The first kappa shape index (κ1) is 11.0. The number of carbonyl (C=O) groups is 1. The van der Waals surface area contributed by atoms with Crippen LogP contribution in [0.25, 0.3) is 0 Å². The van der Waals surface area contributed by atoms with Gasteiger partial charge in [0.2, 0.25) is 5.91 Å². The van der Waals surface area contributed by atoms with E-state index in [9.17, 15) is 4.79 Å². The Morgan fingerprint density at radius 2 is 1.88 bits per heavy atom. The molecule has 1 radical (unpaired) electrons. The molecule has 1 fully saturated rings. The Morgan fingerprint density at radius 1 is 1.25 bits per heavy atom. The van der Waals surface area contributed by atoms with Gasteiger partial charge >= 0.3 is 0 Å². The summed E-state index contributed by atoms with van der Waals surface area (Å²) >= 11 is 0. The SMILES string of the molecule is O=C(CO)N1CCN(c2cc[c]cc2)CC1. The Labute approximate surface area is 95.1 Å². The molecule has 0 aliphatic carbocycles. The molecular formula is C12H15N2O2. The molecule has 85 valence electrons. The van der Waals surface area contributed by atoms with E-state index in [0.717, 1.165) is 18.8 Å². The van der Waals surface area contributed by atoms with Crippen molar-refractivity contribution in [3.05, 3.63) is 30.3 Å². The highest BCUT2D eigenvalue weighted by Gasteiger charge is 2.20. The second-order valence-electron chi connectivity index (χ2n) is 3.78. The fourth-order valence-corrected chi connectivity index (χ4v) is 1.90. The number of carbonyl (C=O) groups excluding carboxylic acids is 1. The Morgan fingerprint density at radius 3 is 2.44 bits per heavy atom. The summed E-state index contributed by atoms with van der Waals surface area (Å²) in [6.07, 6.45) is 0. The van der Waals surface area contributed by atoms with Crippen LogP contribution in [0.1, 0.15) is 0 Å². The second-order valence-corrected chi connectivity index (χ2v) is 3.78. The highest BCUT2D eigenvalue weighted by Crippen LogP contribution is 2.15. The van der Waals surface area contributed by atoms with E-state index in [1.807, 2.05) is 24.3 Å². The van der Waals surface area contributed by atoms with Crippen LogP contribution < -0.4 is 4.90 Å². The zero-order valence-electron chi connectivity index (χ0n) is 9.09.